The van der Waals surface area contributed by atoms with Crippen molar-refractivity contribution in [3.63, 3.8) is 0 Å². The molecule has 3 aromatic heterocycles. The number of pyridine rings is 1. The van der Waals surface area contributed by atoms with Crippen LogP contribution in [0.5, 0.6) is 0 Å². The topological polar surface area (TPSA) is 104 Å². The van der Waals surface area contributed by atoms with E-state index in [9.17, 15) is 17.2 Å². The van der Waals surface area contributed by atoms with E-state index in [-0.39, 0.29) is 11.6 Å². The SMILES string of the molecule is Cc1cccc(-c2nnc(CS(=O)(=O)[C@@H](C)[C@H](C)c3ncc(Cl)cn3)n2-c2c(F)cccc2F)n1. The summed E-state index contributed by atoms with van der Waals surface area (Å²) in [6.45, 7) is 4.95. The summed E-state index contributed by atoms with van der Waals surface area (Å²) in [4.78, 5) is 12.6. The number of sulfone groups is 1. The van der Waals surface area contributed by atoms with Crippen molar-refractivity contribution in [1.29, 1.82) is 0 Å². The quantitative estimate of drug-likeness (QED) is 0.355. The highest BCUT2D eigenvalue weighted by molar-refractivity contribution is 7.91. The van der Waals surface area contributed by atoms with Crippen LogP contribution in [0.2, 0.25) is 5.02 Å². The fourth-order valence-corrected chi connectivity index (χ4v) is 5.22. The molecule has 0 aliphatic carbocycles. The second kappa shape index (κ2) is 9.74. The van der Waals surface area contributed by atoms with Gasteiger partial charge in [-0.2, -0.15) is 0 Å². The average molecular weight is 519 g/mol. The molecule has 0 fully saturated rings. The van der Waals surface area contributed by atoms with Crippen LogP contribution in [0.25, 0.3) is 17.2 Å². The monoisotopic (exact) mass is 518 g/mol. The number of benzene rings is 1. The van der Waals surface area contributed by atoms with Gasteiger partial charge in [-0.15, -0.1) is 10.2 Å². The van der Waals surface area contributed by atoms with E-state index in [4.69, 9.17) is 11.6 Å². The van der Waals surface area contributed by atoms with Crippen molar-refractivity contribution >= 4 is 21.4 Å². The fourth-order valence-electron chi connectivity index (χ4n) is 3.57. The maximum atomic E-state index is 14.8. The van der Waals surface area contributed by atoms with Crippen molar-refractivity contribution in [2.45, 2.75) is 37.7 Å². The minimum absolute atomic E-state index is 0.0182. The number of nitrogens with zero attached hydrogens (tertiary/aromatic N) is 6. The summed E-state index contributed by atoms with van der Waals surface area (Å²) in [5.74, 6) is -2.83. The molecular formula is C23H21ClF2N6O2S. The van der Waals surface area contributed by atoms with Crippen LogP contribution in [0.1, 0.15) is 37.1 Å². The number of halogens is 3. The lowest BCUT2D eigenvalue weighted by molar-refractivity contribution is 0.555. The third-order valence-electron chi connectivity index (χ3n) is 5.66. The van der Waals surface area contributed by atoms with Crippen LogP contribution in [0, 0.1) is 18.6 Å². The lowest BCUT2D eigenvalue weighted by Gasteiger charge is -2.19. The summed E-state index contributed by atoms with van der Waals surface area (Å²) < 4.78 is 57.5. The van der Waals surface area contributed by atoms with Gasteiger partial charge in [0, 0.05) is 24.0 Å². The minimum Gasteiger partial charge on any atom is -0.271 e. The standard InChI is InChI=1S/C23H21ClF2N6O2S/c1-13-6-4-9-19(29-13)23-31-30-20(32(23)21-17(25)7-5-8-18(21)26)12-35(33,34)15(3)14(2)22-27-10-16(24)11-28-22/h4-11,14-15H,12H2,1-3H3/t14-,15-/m0/s1. The molecule has 0 saturated carbocycles. The molecule has 4 aromatic rings. The normalized spacial score (nSPS) is 13.5. The van der Waals surface area contributed by atoms with E-state index in [0.717, 1.165) is 16.7 Å². The molecule has 35 heavy (non-hydrogen) atoms. The molecule has 182 valence electrons. The van der Waals surface area contributed by atoms with E-state index >= 15 is 0 Å². The molecule has 0 aliphatic heterocycles. The Labute approximate surface area is 206 Å². The third kappa shape index (κ3) is 5.06. The molecule has 8 nitrogen and oxygen atoms in total. The van der Waals surface area contributed by atoms with Gasteiger partial charge < -0.3 is 0 Å². The molecule has 12 heteroatoms. The summed E-state index contributed by atoms with van der Waals surface area (Å²) in [6.07, 6.45) is 2.77. The Morgan fingerprint density at radius 3 is 2.26 bits per heavy atom. The second-order valence-electron chi connectivity index (χ2n) is 8.07. The summed E-state index contributed by atoms with van der Waals surface area (Å²) in [6, 6.07) is 8.43. The van der Waals surface area contributed by atoms with Gasteiger partial charge in [0.2, 0.25) is 0 Å². The zero-order chi connectivity index (χ0) is 25.3. The van der Waals surface area contributed by atoms with Gasteiger partial charge in [-0.3, -0.25) is 4.57 Å². The Morgan fingerprint density at radius 1 is 1.00 bits per heavy atom. The Bertz CT molecular complexity index is 1460. The van der Waals surface area contributed by atoms with Gasteiger partial charge in [-0.25, -0.2) is 32.2 Å². The molecule has 0 N–H and O–H groups in total. The van der Waals surface area contributed by atoms with Gasteiger partial charge in [-0.1, -0.05) is 30.7 Å². The summed E-state index contributed by atoms with van der Waals surface area (Å²) in [7, 11) is -3.91. The molecule has 0 saturated heterocycles. The average Bonchev–Trinajstić information content (AvgIpc) is 3.21. The van der Waals surface area contributed by atoms with Gasteiger partial charge in [0.15, 0.2) is 21.5 Å². The lowest BCUT2D eigenvalue weighted by Crippen LogP contribution is -2.27. The molecule has 0 bridgehead atoms. The molecule has 0 spiro atoms. The van der Waals surface area contributed by atoms with E-state index < -0.39 is 44.1 Å². The van der Waals surface area contributed by atoms with E-state index in [1.165, 1.54) is 25.4 Å². The molecule has 0 amide bonds. The maximum Gasteiger partial charge on any atom is 0.187 e. The van der Waals surface area contributed by atoms with Crippen LogP contribution >= 0.6 is 11.6 Å². The zero-order valence-electron chi connectivity index (χ0n) is 19.0. The first-order valence-electron chi connectivity index (χ1n) is 10.6. The van der Waals surface area contributed by atoms with E-state index in [0.29, 0.717) is 22.2 Å². The first-order chi connectivity index (χ1) is 16.6. The Kier molecular flexibility index (Phi) is 6.91. The minimum atomic E-state index is -3.91. The predicted octanol–water partition coefficient (Wildman–Crippen LogP) is 4.47. The molecule has 3 heterocycles. The molecule has 4 rings (SSSR count). The predicted molar refractivity (Wildman–Crippen MR) is 127 cm³/mol. The van der Waals surface area contributed by atoms with Crippen molar-refractivity contribution in [2.75, 3.05) is 0 Å². The summed E-state index contributed by atoms with van der Waals surface area (Å²) >= 11 is 5.83. The molecule has 1 aromatic carbocycles. The van der Waals surface area contributed by atoms with Crippen molar-refractivity contribution in [3.05, 3.63) is 82.8 Å². The van der Waals surface area contributed by atoms with Crippen molar-refractivity contribution in [3.8, 4) is 17.2 Å². The summed E-state index contributed by atoms with van der Waals surface area (Å²) in [5.41, 5.74) is 0.452. The second-order valence-corrected chi connectivity index (χ2v) is 10.9. The summed E-state index contributed by atoms with van der Waals surface area (Å²) in [5, 5.41) is 7.44. The van der Waals surface area contributed by atoms with Crippen LogP contribution in [-0.4, -0.2) is 43.4 Å². The number of rotatable bonds is 7. The zero-order valence-corrected chi connectivity index (χ0v) is 20.6. The van der Waals surface area contributed by atoms with Crippen LogP contribution in [0.4, 0.5) is 8.78 Å². The highest BCUT2D eigenvalue weighted by Gasteiger charge is 2.33. The molecule has 0 unspecified atom stereocenters. The Balaban J connectivity index is 1.79. The number of hydrogen-bond acceptors (Lipinski definition) is 7. The molecule has 2 atom stereocenters. The number of aryl methyl sites for hydroxylation is 1. The maximum absolute atomic E-state index is 14.8. The van der Waals surface area contributed by atoms with Crippen molar-refractivity contribution < 1.29 is 17.2 Å². The Hall–Kier alpha value is -3.31. The van der Waals surface area contributed by atoms with Gasteiger partial charge in [0.1, 0.15) is 34.6 Å². The third-order valence-corrected chi connectivity index (χ3v) is 8.05. The van der Waals surface area contributed by atoms with Crippen molar-refractivity contribution in [1.82, 2.24) is 29.7 Å². The highest BCUT2D eigenvalue weighted by atomic mass is 35.5. The first-order valence-corrected chi connectivity index (χ1v) is 12.7. The van der Waals surface area contributed by atoms with E-state index in [1.54, 1.807) is 32.0 Å². The first kappa shape index (κ1) is 24.8. The van der Waals surface area contributed by atoms with Gasteiger partial charge in [-0.05, 0) is 38.1 Å². The number of para-hydroxylation sites is 1. The van der Waals surface area contributed by atoms with Crippen LogP contribution in [-0.2, 0) is 15.6 Å². The van der Waals surface area contributed by atoms with Crippen LogP contribution in [0.15, 0.2) is 48.8 Å². The smallest absolute Gasteiger partial charge is 0.187 e. The largest absolute Gasteiger partial charge is 0.271 e. The highest BCUT2D eigenvalue weighted by Crippen LogP contribution is 2.29. The van der Waals surface area contributed by atoms with Crippen LogP contribution < -0.4 is 0 Å². The molecule has 0 radical (unpaired) electrons. The lowest BCUT2D eigenvalue weighted by atomic mass is 10.1. The van der Waals surface area contributed by atoms with Gasteiger partial charge in [0.25, 0.3) is 0 Å². The fraction of sp³-hybridized carbons (Fsp3) is 0.261. The Morgan fingerprint density at radius 2 is 1.63 bits per heavy atom. The molecular weight excluding hydrogens is 498 g/mol. The van der Waals surface area contributed by atoms with Gasteiger partial charge in [0.05, 0.1) is 10.3 Å². The number of hydrogen-bond donors (Lipinski definition) is 0. The number of aromatic nitrogens is 6. The molecule has 0 aliphatic rings. The van der Waals surface area contributed by atoms with E-state index in [2.05, 4.69) is 25.1 Å². The van der Waals surface area contributed by atoms with Crippen molar-refractivity contribution in [2.24, 2.45) is 0 Å². The van der Waals surface area contributed by atoms with E-state index in [1.807, 2.05) is 0 Å². The van der Waals surface area contributed by atoms with Crippen LogP contribution in [0.3, 0.4) is 0 Å². The van der Waals surface area contributed by atoms with Gasteiger partial charge >= 0.3 is 0 Å².